The van der Waals surface area contributed by atoms with Crippen LogP contribution in [0, 0.1) is 5.92 Å². The van der Waals surface area contributed by atoms with Crippen LogP contribution in [0.2, 0.25) is 0 Å². The molecule has 2 unspecified atom stereocenters. The average molecular weight is 1370 g/mol. The van der Waals surface area contributed by atoms with Crippen molar-refractivity contribution in [1.29, 1.82) is 0 Å². The number of phosphoric acid groups is 2. The summed E-state index contributed by atoms with van der Waals surface area (Å²) in [5, 5.41) is 10.6. The molecule has 0 saturated carbocycles. The first kappa shape index (κ1) is 91.1. The molecule has 0 bridgehead atoms. The minimum absolute atomic E-state index is 0.108. The second kappa shape index (κ2) is 67.3. The minimum atomic E-state index is -4.95. The van der Waals surface area contributed by atoms with E-state index in [1.165, 1.54) is 212 Å². The van der Waals surface area contributed by atoms with Crippen molar-refractivity contribution >= 4 is 39.5 Å². The number of hydrogen-bond donors (Lipinski definition) is 3. The van der Waals surface area contributed by atoms with Crippen molar-refractivity contribution < 1.29 is 80.2 Å². The predicted molar refractivity (Wildman–Crippen MR) is 377 cm³/mol. The van der Waals surface area contributed by atoms with E-state index in [1.807, 2.05) is 0 Å². The molecule has 0 aliphatic carbocycles. The highest BCUT2D eigenvalue weighted by molar-refractivity contribution is 7.47. The first-order chi connectivity index (χ1) is 45.0. The van der Waals surface area contributed by atoms with Gasteiger partial charge in [0.1, 0.15) is 19.3 Å². The Morgan fingerprint density at radius 3 is 0.731 bits per heavy atom. The van der Waals surface area contributed by atoms with Crippen LogP contribution in [0.3, 0.4) is 0 Å². The maximum absolute atomic E-state index is 13.1. The number of rotatable bonds is 74. The molecule has 0 rings (SSSR count). The minimum Gasteiger partial charge on any atom is -0.462 e. The Kier molecular flexibility index (Phi) is 65.9. The molecule has 5 atom stereocenters. The summed E-state index contributed by atoms with van der Waals surface area (Å²) in [5.74, 6) is -1.31. The summed E-state index contributed by atoms with van der Waals surface area (Å²) in [4.78, 5) is 72.7. The van der Waals surface area contributed by atoms with E-state index in [0.717, 1.165) is 95.8 Å². The number of hydrogen-bond acceptors (Lipinski definition) is 15. The number of unbranched alkanes of at least 4 members (excludes halogenated alkanes) is 46. The van der Waals surface area contributed by atoms with Gasteiger partial charge < -0.3 is 33.8 Å². The van der Waals surface area contributed by atoms with Crippen molar-refractivity contribution in [3.8, 4) is 0 Å². The quantitative estimate of drug-likeness (QED) is 0.0222. The average Bonchev–Trinajstić information content (AvgIpc) is 1.77. The summed E-state index contributed by atoms with van der Waals surface area (Å²) in [7, 11) is -9.90. The Hall–Kier alpha value is -1.94. The van der Waals surface area contributed by atoms with Gasteiger partial charge in [-0.25, -0.2) is 9.13 Å². The van der Waals surface area contributed by atoms with Crippen molar-refractivity contribution in [3.05, 3.63) is 0 Å². The fourth-order valence-corrected chi connectivity index (χ4v) is 12.9. The molecular formula is C74H144O17P2. The van der Waals surface area contributed by atoms with Crippen LogP contribution in [0.4, 0.5) is 0 Å². The fourth-order valence-electron chi connectivity index (χ4n) is 11.4. The molecule has 0 radical (unpaired) electrons. The Morgan fingerprint density at radius 1 is 0.290 bits per heavy atom. The molecule has 19 heteroatoms. The highest BCUT2D eigenvalue weighted by Gasteiger charge is 2.30. The SMILES string of the molecule is CCCCCCCCCCCCCCCC(=O)OC[C@H](COP(=O)(O)OC[C@@H](O)COP(=O)(O)OC[C@@H](COC(=O)CCCCCCCCCCC)OC(=O)CCCCCCCCCCCCCCC)OC(=O)CCCCCCCCCCCCCCCCCC(C)C. The third-order valence-corrected chi connectivity index (χ3v) is 19.2. The molecule has 0 spiro atoms. The van der Waals surface area contributed by atoms with Crippen LogP contribution in [0.1, 0.15) is 388 Å². The summed E-state index contributed by atoms with van der Waals surface area (Å²) in [6, 6.07) is 0. The van der Waals surface area contributed by atoms with Gasteiger partial charge in [0.25, 0.3) is 0 Å². The van der Waals surface area contributed by atoms with Crippen LogP contribution in [0.15, 0.2) is 0 Å². The molecule has 0 saturated heterocycles. The maximum atomic E-state index is 13.1. The van der Waals surface area contributed by atoms with Crippen LogP contribution in [0.25, 0.3) is 0 Å². The largest absolute Gasteiger partial charge is 0.472 e. The summed E-state index contributed by atoms with van der Waals surface area (Å²) in [5.41, 5.74) is 0. The molecule has 93 heavy (non-hydrogen) atoms. The monoisotopic (exact) mass is 1370 g/mol. The summed E-state index contributed by atoms with van der Waals surface area (Å²) in [6.45, 7) is 7.30. The molecule has 0 aromatic rings. The van der Waals surface area contributed by atoms with Crippen molar-refractivity contribution in [2.75, 3.05) is 39.6 Å². The van der Waals surface area contributed by atoms with E-state index in [0.29, 0.717) is 25.7 Å². The number of carbonyl (C=O) groups is 4. The second-order valence-corrected chi connectivity index (χ2v) is 30.1. The van der Waals surface area contributed by atoms with E-state index >= 15 is 0 Å². The van der Waals surface area contributed by atoms with Gasteiger partial charge in [-0.3, -0.25) is 37.3 Å². The topological polar surface area (TPSA) is 237 Å². The first-order valence-corrected chi connectivity index (χ1v) is 41.6. The number of aliphatic hydroxyl groups excluding tert-OH is 1. The lowest BCUT2D eigenvalue weighted by Gasteiger charge is -2.21. The molecule has 17 nitrogen and oxygen atoms in total. The van der Waals surface area contributed by atoms with E-state index in [1.54, 1.807) is 0 Å². The molecule has 0 amide bonds. The third-order valence-electron chi connectivity index (χ3n) is 17.3. The Labute approximate surface area is 568 Å². The standard InChI is InChI=1S/C74H144O17P2/c1-6-9-12-15-18-21-23-28-33-38-43-48-53-58-72(77)85-64-70(91-74(79)60-55-50-45-40-35-31-27-25-26-30-32-37-41-46-51-56-67(4)5)66-89-93(82,83)87-62-68(75)61-86-92(80,81)88-65-69(63-84-71(76)57-52-47-42-36-20-17-14-11-8-3)90-73(78)59-54-49-44-39-34-29-24-22-19-16-13-10-7-2/h67-70,75H,6-66H2,1-5H3,(H,80,81)(H,82,83)/t68-,69+,70+/m0/s1. The summed E-state index contributed by atoms with van der Waals surface area (Å²) >= 11 is 0. The lowest BCUT2D eigenvalue weighted by Crippen LogP contribution is -2.30. The Morgan fingerprint density at radius 2 is 0.495 bits per heavy atom. The molecule has 0 aromatic carbocycles. The van der Waals surface area contributed by atoms with Crippen LogP contribution in [-0.2, 0) is 65.4 Å². The summed E-state index contributed by atoms with van der Waals surface area (Å²) in [6.07, 6.45) is 55.3. The Balaban J connectivity index is 5.22. The molecule has 0 aromatic heterocycles. The van der Waals surface area contributed by atoms with E-state index in [9.17, 15) is 43.2 Å². The Bertz CT molecular complexity index is 1790. The van der Waals surface area contributed by atoms with Crippen molar-refractivity contribution in [1.82, 2.24) is 0 Å². The second-order valence-electron chi connectivity index (χ2n) is 27.2. The van der Waals surface area contributed by atoms with Crippen molar-refractivity contribution in [2.24, 2.45) is 5.92 Å². The lowest BCUT2D eigenvalue weighted by atomic mass is 10.0. The number of aliphatic hydroxyl groups is 1. The van der Waals surface area contributed by atoms with Gasteiger partial charge in [-0.15, -0.1) is 0 Å². The molecule has 0 aliphatic heterocycles. The highest BCUT2D eigenvalue weighted by Crippen LogP contribution is 2.45. The zero-order chi connectivity index (χ0) is 68.4. The van der Waals surface area contributed by atoms with Gasteiger partial charge in [0.05, 0.1) is 26.4 Å². The van der Waals surface area contributed by atoms with Gasteiger partial charge in [0.2, 0.25) is 0 Å². The van der Waals surface area contributed by atoms with Gasteiger partial charge in [0, 0.05) is 25.7 Å². The number of ether oxygens (including phenoxy) is 4. The fraction of sp³-hybridized carbons (Fsp3) is 0.946. The van der Waals surface area contributed by atoms with E-state index in [-0.39, 0.29) is 25.7 Å². The smallest absolute Gasteiger partial charge is 0.462 e. The normalized spacial score (nSPS) is 14.0. The van der Waals surface area contributed by atoms with E-state index < -0.39 is 97.5 Å². The molecule has 0 aliphatic rings. The van der Waals surface area contributed by atoms with Crippen molar-refractivity contribution in [3.63, 3.8) is 0 Å². The zero-order valence-corrected chi connectivity index (χ0v) is 62.2. The van der Waals surface area contributed by atoms with Crippen LogP contribution in [-0.4, -0.2) is 96.7 Å². The van der Waals surface area contributed by atoms with Gasteiger partial charge >= 0.3 is 39.5 Å². The van der Waals surface area contributed by atoms with Gasteiger partial charge in [-0.05, 0) is 31.6 Å². The molecule has 3 N–H and O–H groups in total. The van der Waals surface area contributed by atoms with Gasteiger partial charge in [-0.2, -0.15) is 0 Å². The van der Waals surface area contributed by atoms with Crippen LogP contribution < -0.4 is 0 Å². The number of esters is 4. The number of phosphoric ester groups is 2. The van der Waals surface area contributed by atoms with E-state index in [2.05, 4.69) is 34.6 Å². The van der Waals surface area contributed by atoms with Gasteiger partial charge in [-0.1, -0.05) is 336 Å². The maximum Gasteiger partial charge on any atom is 0.472 e. The zero-order valence-electron chi connectivity index (χ0n) is 60.4. The van der Waals surface area contributed by atoms with Crippen LogP contribution >= 0.6 is 15.6 Å². The molecule has 552 valence electrons. The summed E-state index contributed by atoms with van der Waals surface area (Å²) < 4.78 is 68.4. The van der Waals surface area contributed by atoms with Crippen LogP contribution in [0.5, 0.6) is 0 Å². The predicted octanol–water partition coefficient (Wildman–Crippen LogP) is 21.7. The molecular weight excluding hydrogens is 1220 g/mol. The van der Waals surface area contributed by atoms with Crippen molar-refractivity contribution in [2.45, 2.75) is 406 Å². The lowest BCUT2D eigenvalue weighted by molar-refractivity contribution is -0.161. The number of carbonyl (C=O) groups excluding carboxylic acids is 4. The molecule has 0 heterocycles. The molecule has 0 fully saturated rings. The first-order valence-electron chi connectivity index (χ1n) is 38.6. The third kappa shape index (κ3) is 68.4. The van der Waals surface area contributed by atoms with Gasteiger partial charge in [0.15, 0.2) is 12.2 Å². The van der Waals surface area contributed by atoms with E-state index in [4.69, 9.17) is 37.0 Å². The highest BCUT2D eigenvalue weighted by atomic mass is 31.2.